The molecule has 5 nitrogen and oxygen atoms in total. The SMILES string of the molecule is CCN(C(=O)CSc1nccn1-c1ccc(C)c(C)c1)C(C)c1cccnc1. The van der Waals surface area contributed by atoms with Crippen LogP contribution < -0.4 is 0 Å². The van der Waals surface area contributed by atoms with Gasteiger partial charge >= 0.3 is 0 Å². The first-order valence-corrected chi connectivity index (χ1v) is 10.4. The summed E-state index contributed by atoms with van der Waals surface area (Å²) < 4.78 is 2.03. The van der Waals surface area contributed by atoms with Crippen LogP contribution in [0.1, 0.15) is 36.6 Å². The van der Waals surface area contributed by atoms with E-state index in [4.69, 9.17) is 0 Å². The van der Waals surface area contributed by atoms with Crippen LogP contribution in [0, 0.1) is 13.8 Å². The fraction of sp³-hybridized carbons (Fsp3) is 0.318. The molecular formula is C22H26N4OS. The van der Waals surface area contributed by atoms with Gasteiger partial charge in [0.2, 0.25) is 5.91 Å². The zero-order chi connectivity index (χ0) is 20.1. The minimum absolute atomic E-state index is 0.00806. The lowest BCUT2D eigenvalue weighted by molar-refractivity contribution is -0.130. The lowest BCUT2D eigenvalue weighted by atomic mass is 10.1. The number of carbonyl (C=O) groups is 1. The van der Waals surface area contributed by atoms with Gasteiger partial charge in [-0.15, -0.1) is 0 Å². The number of amides is 1. The number of pyridine rings is 1. The van der Waals surface area contributed by atoms with Crippen molar-refractivity contribution in [2.75, 3.05) is 12.3 Å². The summed E-state index contributed by atoms with van der Waals surface area (Å²) in [4.78, 5) is 23.4. The van der Waals surface area contributed by atoms with Gasteiger partial charge in [-0.3, -0.25) is 14.3 Å². The molecule has 0 N–H and O–H groups in total. The van der Waals surface area contributed by atoms with Gasteiger partial charge in [-0.05, 0) is 62.6 Å². The Hall–Kier alpha value is -2.60. The molecule has 0 aliphatic carbocycles. The van der Waals surface area contributed by atoms with Crippen LogP contribution in [0.2, 0.25) is 0 Å². The number of nitrogens with zero attached hydrogens (tertiary/aromatic N) is 4. The number of thioether (sulfide) groups is 1. The maximum absolute atomic E-state index is 12.9. The van der Waals surface area contributed by atoms with Crippen molar-refractivity contribution in [3.05, 3.63) is 71.8 Å². The van der Waals surface area contributed by atoms with Crippen molar-refractivity contribution in [3.63, 3.8) is 0 Å². The lowest BCUT2D eigenvalue weighted by Crippen LogP contribution is -2.34. The van der Waals surface area contributed by atoms with Crippen LogP contribution in [0.4, 0.5) is 0 Å². The minimum Gasteiger partial charge on any atom is -0.335 e. The first-order valence-electron chi connectivity index (χ1n) is 9.44. The number of hydrogen-bond donors (Lipinski definition) is 0. The molecule has 28 heavy (non-hydrogen) atoms. The average Bonchev–Trinajstić information content (AvgIpc) is 3.18. The molecule has 1 unspecified atom stereocenters. The van der Waals surface area contributed by atoms with E-state index < -0.39 is 0 Å². The van der Waals surface area contributed by atoms with Gasteiger partial charge in [0.25, 0.3) is 0 Å². The summed E-state index contributed by atoms with van der Waals surface area (Å²) in [7, 11) is 0. The molecule has 2 heterocycles. The summed E-state index contributed by atoms with van der Waals surface area (Å²) in [5.74, 6) is 0.443. The number of benzene rings is 1. The van der Waals surface area contributed by atoms with E-state index >= 15 is 0 Å². The highest BCUT2D eigenvalue weighted by Crippen LogP contribution is 2.25. The smallest absolute Gasteiger partial charge is 0.233 e. The highest BCUT2D eigenvalue weighted by Gasteiger charge is 2.21. The number of aryl methyl sites for hydroxylation is 2. The second-order valence-corrected chi connectivity index (χ2v) is 7.72. The Morgan fingerprint density at radius 3 is 2.71 bits per heavy atom. The van der Waals surface area contributed by atoms with E-state index in [1.54, 1.807) is 12.4 Å². The molecular weight excluding hydrogens is 368 g/mol. The molecule has 0 bridgehead atoms. The quantitative estimate of drug-likeness (QED) is 0.550. The number of imidazole rings is 1. The van der Waals surface area contributed by atoms with Gasteiger partial charge in [-0.1, -0.05) is 23.9 Å². The fourth-order valence-corrected chi connectivity index (χ4v) is 4.01. The van der Waals surface area contributed by atoms with Gasteiger partial charge in [0, 0.05) is 37.0 Å². The van der Waals surface area contributed by atoms with Crippen molar-refractivity contribution < 1.29 is 4.79 Å². The van der Waals surface area contributed by atoms with Crippen molar-refractivity contribution in [1.82, 2.24) is 19.4 Å². The summed E-state index contributed by atoms with van der Waals surface area (Å²) >= 11 is 1.47. The predicted molar refractivity (Wildman–Crippen MR) is 114 cm³/mol. The highest BCUT2D eigenvalue weighted by molar-refractivity contribution is 7.99. The Labute approximate surface area is 170 Å². The molecule has 2 aromatic heterocycles. The van der Waals surface area contributed by atoms with Gasteiger partial charge in [-0.25, -0.2) is 4.98 Å². The third-order valence-electron chi connectivity index (χ3n) is 5.00. The lowest BCUT2D eigenvalue weighted by Gasteiger charge is -2.28. The molecule has 0 saturated heterocycles. The number of hydrogen-bond acceptors (Lipinski definition) is 4. The second-order valence-electron chi connectivity index (χ2n) is 6.78. The minimum atomic E-state index is -0.00806. The molecule has 0 fully saturated rings. The van der Waals surface area contributed by atoms with Crippen LogP contribution in [0.3, 0.4) is 0 Å². The van der Waals surface area contributed by atoms with Crippen LogP contribution in [0.5, 0.6) is 0 Å². The van der Waals surface area contributed by atoms with Gasteiger partial charge in [0.05, 0.1) is 11.8 Å². The fourth-order valence-electron chi connectivity index (χ4n) is 3.15. The summed E-state index contributed by atoms with van der Waals surface area (Å²) in [5.41, 5.74) is 4.60. The van der Waals surface area contributed by atoms with Crippen LogP contribution in [0.25, 0.3) is 5.69 Å². The van der Waals surface area contributed by atoms with E-state index in [2.05, 4.69) is 42.0 Å². The Balaban J connectivity index is 1.71. The van der Waals surface area contributed by atoms with Crippen molar-refractivity contribution in [1.29, 1.82) is 0 Å². The van der Waals surface area contributed by atoms with Crippen LogP contribution >= 0.6 is 11.8 Å². The number of rotatable bonds is 7. The predicted octanol–water partition coefficient (Wildman–Crippen LogP) is 4.59. The van der Waals surface area contributed by atoms with Crippen molar-refractivity contribution in [3.8, 4) is 5.69 Å². The molecule has 0 aliphatic rings. The molecule has 0 radical (unpaired) electrons. The molecule has 1 atom stereocenters. The molecule has 146 valence electrons. The summed E-state index contributed by atoms with van der Waals surface area (Å²) in [5, 5.41) is 0.821. The first kappa shape index (κ1) is 20.1. The normalized spacial score (nSPS) is 12.0. The van der Waals surface area contributed by atoms with Crippen LogP contribution in [0.15, 0.2) is 60.3 Å². The zero-order valence-corrected chi connectivity index (χ0v) is 17.6. The maximum Gasteiger partial charge on any atom is 0.233 e. The Morgan fingerprint density at radius 2 is 2.04 bits per heavy atom. The monoisotopic (exact) mass is 394 g/mol. The van der Waals surface area contributed by atoms with Gasteiger partial charge in [0.1, 0.15) is 0 Å². The molecule has 1 aromatic carbocycles. The van der Waals surface area contributed by atoms with Crippen molar-refractivity contribution in [2.45, 2.75) is 38.9 Å². The van der Waals surface area contributed by atoms with E-state index in [0.717, 1.165) is 16.4 Å². The summed E-state index contributed by atoms with van der Waals surface area (Å²) in [6.07, 6.45) is 7.28. The average molecular weight is 395 g/mol. The van der Waals surface area contributed by atoms with Crippen molar-refractivity contribution in [2.24, 2.45) is 0 Å². The number of aromatic nitrogens is 3. The van der Waals surface area contributed by atoms with E-state index in [-0.39, 0.29) is 11.9 Å². The first-order chi connectivity index (χ1) is 13.5. The van der Waals surface area contributed by atoms with E-state index in [1.165, 1.54) is 22.9 Å². The molecule has 1 amide bonds. The molecule has 0 spiro atoms. The van der Waals surface area contributed by atoms with Gasteiger partial charge < -0.3 is 4.90 Å². The topological polar surface area (TPSA) is 51.0 Å². The molecule has 3 rings (SSSR count). The molecule has 3 aromatic rings. The molecule has 0 aliphatic heterocycles. The Kier molecular flexibility index (Phi) is 6.52. The Bertz CT molecular complexity index is 939. The highest BCUT2D eigenvalue weighted by atomic mass is 32.2. The van der Waals surface area contributed by atoms with Gasteiger partial charge in [-0.2, -0.15) is 0 Å². The molecule has 0 saturated carbocycles. The van der Waals surface area contributed by atoms with Crippen molar-refractivity contribution >= 4 is 17.7 Å². The van der Waals surface area contributed by atoms with E-state index in [0.29, 0.717) is 12.3 Å². The Morgan fingerprint density at radius 1 is 1.21 bits per heavy atom. The van der Waals surface area contributed by atoms with Crippen LogP contribution in [-0.4, -0.2) is 37.6 Å². The standard InChI is InChI=1S/C22H26N4OS/c1-5-25(18(4)19-7-6-10-23-14-19)21(27)15-28-22-24-11-12-26(22)20-9-8-16(2)17(3)13-20/h6-14,18H,5,15H2,1-4H3. The van der Waals surface area contributed by atoms with E-state index in [9.17, 15) is 4.79 Å². The van der Waals surface area contributed by atoms with E-state index in [1.807, 2.05) is 47.8 Å². The number of carbonyl (C=O) groups excluding carboxylic acids is 1. The molecule has 6 heteroatoms. The summed E-state index contributed by atoms with van der Waals surface area (Å²) in [6.45, 7) is 8.90. The van der Waals surface area contributed by atoms with Crippen LogP contribution in [-0.2, 0) is 4.79 Å². The zero-order valence-electron chi connectivity index (χ0n) is 16.8. The third kappa shape index (κ3) is 4.44. The largest absolute Gasteiger partial charge is 0.335 e. The maximum atomic E-state index is 12.9. The summed E-state index contributed by atoms with van der Waals surface area (Å²) in [6, 6.07) is 10.2. The second kappa shape index (κ2) is 9.06. The third-order valence-corrected chi connectivity index (χ3v) is 5.95. The van der Waals surface area contributed by atoms with Gasteiger partial charge in [0.15, 0.2) is 5.16 Å².